The summed E-state index contributed by atoms with van der Waals surface area (Å²) in [4.78, 5) is 45.0. The Labute approximate surface area is 178 Å². The van der Waals surface area contributed by atoms with Gasteiger partial charge in [-0.1, -0.05) is 24.3 Å². The number of hydrogen-bond acceptors (Lipinski definition) is 8. The highest BCUT2D eigenvalue weighted by Gasteiger charge is 2.64. The lowest BCUT2D eigenvalue weighted by Crippen LogP contribution is -2.44. The Balaban J connectivity index is 2.02. The first kappa shape index (κ1) is 20.6. The van der Waals surface area contributed by atoms with Crippen LogP contribution in [0.4, 0.5) is 6.01 Å². The van der Waals surface area contributed by atoms with E-state index in [-0.39, 0.29) is 29.5 Å². The number of amides is 1. The summed E-state index contributed by atoms with van der Waals surface area (Å²) in [6, 6.07) is 6.93. The lowest BCUT2D eigenvalue weighted by Gasteiger charge is -2.28. The highest BCUT2D eigenvalue weighted by atomic mass is 16.6. The molecule has 1 aromatic heterocycles. The number of carbonyl (C=O) groups excluding carboxylic acids is 3. The van der Waals surface area contributed by atoms with Crippen molar-refractivity contribution in [2.45, 2.75) is 38.7 Å². The van der Waals surface area contributed by atoms with Gasteiger partial charge in [0.2, 0.25) is 5.91 Å². The number of rotatable bonds is 3. The van der Waals surface area contributed by atoms with Crippen molar-refractivity contribution in [3.05, 3.63) is 46.8 Å². The molecule has 31 heavy (non-hydrogen) atoms. The third-order valence-corrected chi connectivity index (χ3v) is 5.40. The van der Waals surface area contributed by atoms with E-state index in [0.717, 1.165) is 0 Å². The number of benzene rings is 1. The van der Waals surface area contributed by atoms with Crippen molar-refractivity contribution in [1.82, 2.24) is 9.88 Å². The predicted octanol–water partition coefficient (Wildman–Crippen LogP) is 2.15. The van der Waals surface area contributed by atoms with Gasteiger partial charge in [-0.2, -0.15) is 4.98 Å². The van der Waals surface area contributed by atoms with E-state index in [4.69, 9.17) is 19.6 Å². The molecule has 1 atom stereocenters. The van der Waals surface area contributed by atoms with Gasteiger partial charge in [0.05, 0.1) is 12.7 Å². The van der Waals surface area contributed by atoms with Crippen LogP contribution in [0.1, 0.15) is 39.0 Å². The zero-order valence-corrected chi connectivity index (χ0v) is 17.9. The number of hydrogen-bond donors (Lipinski definition) is 1. The summed E-state index contributed by atoms with van der Waals surface area (Å²) in [6.07, 6.45) is 0. The number of ether oxygens (including phenoxy) is 2. The number of carbonyl (C=O) groups is 3. The molecule has 0 saturated heterocycles. The lowest BCUT2D eigenvalue weighted by atomic mass is 9.74. The van der Waals surface area contributed by atoms with Gasteiger partial charge < -0.3 is 24.5 Å². The van der Waals surface area contributed by atoms with Crippen molar-refractivity contribution in [2.75, 3.05) is 19.4 Å². The molecule has 4 rings (SSSR count). The predicted molar refractivity (Wildman–Crippen MR) is 109 cm³/mol. The minimum absolute atomic E-state index is 0.0795. The number of fused-ring (bicyclic) bond motifs is 5. The van der Waals surface area contributed by atoms with Crippen molar-refractivity contribution in [3.63, 3.8) is 0 Å². The molecule has 1 aromatic carbocycles. The minimum atomic E-state index is -1.63. The van der Waals surface area contributed by atoms with Crippen LogP contribution in [-0.2, 0) is 29.3 Å². The molecule has 1 spiro atoms. The quantitative estimate of drug-likeness (QED) is 0.742. The first-order chi connectivity index (χ1) is 14.5. The summed E-state index contributed by atoms with van der Waals surface area (Å²) >= 11 is 0. The van der Waals surface area contributed by atoms with Gasteiger partial charge in [-0.05, 0) is 33.3 Å². The molecule has 0 radical (unpaired) electrons. The smallest absolute Gasteiger partial charge is 0.338 e. The molecular weight excluding hydrogens is 402 g/mol. The Bertz CT molecular complexity index is 1160. The van der Waals surface area contributed by atoms with E-state index in [1.165, 1.54) is 12.0 Å². The third-order valence-electron chi connectivity index (χ3n) is 5.40. The van der Waals surface area contributed by atoms with E-state index in [2.05, 4.69) is 4.98 Å². The number of nitrogen functional groups attached to an aromatic ring is 1. The van der Waals surface area contributed by atoms with Gasteiger partial charge in [0.1, 0.15) is 17.8 Å². The second-order valence-corrected chi connectivity index (χ2v) is 8.46. The number of anilines is 1. The standard InChI is InChI=1S/C22H23N3O6/c1-11-15(18(27)31-21(2,3)4)22(19(28)25(11)10-14(26)29-5)13-9-7-6-8-12(13)16-17(22)24-20(23)30-16/h6-9H,10H2,1-5H3,(H2,23,24)/t22-/m1/s1. The summed E-state index contributed by atoms with van der Waals surface area (Å²) in [5.41, 5.74) is 5.09. The summed E-state index contributed by atoms with van der Waals surface area (Å²) in [5.74, 6) is -1.51. The summed E-state index contributed by atoms with van der Waals surface area (Å²) in [7, 11) is 1.23. The van der Waals surface area contributed by atoms with Gasteiger partial charge >= 0.3 is 11.9 Å². The van der Waals surface area contributed by atoms with Crippen molar-refractivity contribution in [1.29, 1.82) is 0 Å². The molecule has 1 amide bonds. The molecule has 9 nitrogen and oxygen atoms in total. The van der Waals surface area contributed by atoms with Crippen LogP contribution in [0.3, 0.4) is 0 Å². The van der Waals surface area contributed by atoms with Crippen LogP contribution >= 0.6 is 0 Å². The Morgan fingerprint density at radius 3 is 2.58 bits per heavy atom. The number of nitrogens with zero attached hydrogens (tertiary/aromatic N) is 2. The van der Waals surface area contributed by atoms with Crippen LogP contribution in [0, 0.1) is 0 Å². The number of aromatic nitrogens is 1. The fourth-order valence-corrected chi connectivity index (χ4v) is 4.26. The van der Waals surface area contributed by atoms with E-state index in [1.54, 1.807) is 52.0 Å². The van der Waals surface area contributed by atoms with Crippen LogP contribution in [0.2, 0.25) is 0 Å². The van der Waals surface area contributed by atoms with E-state index in [0.29, 0.717) is 16.9 Å². The molecule has 2 aliphatic rings. The van der Waals surface area contributed by atoms with E-state index in [9.17, 15) is 14.4 Å². The van der Waals surface area contributed by atoms with E-state index in [1.807, 2.05) is 0 Å². The monoisotopic (exact) mass is 425 g/mol. The largest absolute Gasteiger partial charge is 0.468 e. The Morgan fingerprint density at radius 2 is 1.94 bits per heavy atom. The lowest BCUT2D eigenvalue weighted by molar-refractivity contribution is -0.151. The van der Waals surface area contributed by atoms with E-state index < -0.39 is 28.9 Å². The van der Waals surface area contributed by atoms with Gasteiger partial charge in [0.15, 0.2) is 11.2 Å². The van der Waals surface area contributed by atoms with Crippen molar-refractivity contribution < 1.29 is 28.3 Å². The number of nitrogens with two attached hydrogens (primary N) is 1. The topological polar surface area (TPSA) is 125 Å². The molecule has 1 aliphatic heterocycles. The Morgan fingerprint density at radius 1 is 1.26 bits per heavy atom. The first-order valence-electron chi connectivity index (χ1n) is 9.72. The molecule has 9 heteroatoms. The van der Waals surface area contributed by atoms with Crippen molar-refractivity contribution in [3.8, 4) is 11.3 Å². The van der Waals surface area contributed by atoms with Crippen LogP contribution in [0.15, 0.2) is 40.0 Å². The number of oxazole rings is 1. The van der Waals surface area contributed by atoms with Gasteiger partial charge in [-0.25, -0.2) is 4.79 Å². The molecule has 0 fully saturated rings. The SMILES string of the molecule is COC(=O)CN1C(=O)[C@@]2(C(C(=O)OC(C)(C)C)=C1C)c1ccccc1-c1oc(N)nc12. The highest BCUT2D eigenvalue weighted by Crippen LogP contribution is 2.57. The van der Waals surface area contributed by atoms with Gasteiger partial charge in [-0.3, -0.25) is 9.59 Å². The van der Waals surface area contributed by atoms with Crippen LogP contribution in [0.5, 0.6) is 0 Å². The van der Waals surface area contributed by atoms with Gasteiger partial charge in [0.25, 0.3) is 6.01 Å². The molecule has 1 aliphatic carbocycles. The normalized spacial score (nSPS) is 19.6. The average molecular weight is 425 g/mol. The first-order valence-corrected chi connectivity index (χ1v) is 9.72. The number of methoxy groups -OCH3 is 1. The fraction of sp³-hybridized carbons (Fsp3) is 0.364. The number of esters is 2. The van der Waals surface area contributed by atoms with Crippen molar-refractivity contribution >= 4 is 23.9 Å². The zero-order valence-electron chi connectivity index (χ0n) is 17.9. The van der Waals surface area contributed by atoms with Crippen LogP contribution < -0.4 is 5.73 Å². The maximum absolute atomic E-state index is 14.0. The fourth-order valence-electron chi connectivity index (χ4n) is 4.26. The molecule has 2 heterocycles. The highest BCUT2D eigenvalue weighted by molar-refractivity contribution is 6.14. The molecular formula is C22H23N3O6. The summed E-state index contributed by atoms with van der Waals surface area (Å²) in [5, 5.41) is 0. The van der Waals surface area contributed by atoms with Gasteiger partial charge in [0, 0.05) is 11.3 Å². The summed E-state index contributed by atoms with van der Waals surface area (Å²) < 4.78 is 16.0. The van der Waals surface area contributed by atoms with E-state index >= 15 is 0 Å². The van der Waals surface area contributed by atoms with Crippen LogP contribution in [0.25, 0.3) is 11.3 Å². The van der Waals surface area contributed by atoms with Crippen LogP contribution in [-0.4, -0.2) is 47.0 Å². The molecule has 0 bridgehead atoms. The average Bonchev–Trinajstić information content (AvgIpc) is 3.26. The summed E-state index contributed by atoms with van der Waals surface area (Å²) in [6.45, 7) is 6.44. The molecule has 0 saturated carbocycles. The molecule has 162 valence electrons. The third kappa shape index (κ3) is 2.83. The second-order valence-electron chi connectivity index (χ2n) is 8.46. The number of allylic oxidation sites excluding steroid dienone is 1. The maximum Gasteiger partial charge on any atom is 0.338 e. The molecule has 2 aromatic rings. The molecule has 0 unspecified atom stereocenters. The Kier molecular flexibility index (Phi) is 4.46. The zero-order chi connectivity index (χ0) is 22.7. The van der Waals surface area contributed by atoms with Gasteiger partial charge in [-0.15, -0.1) is 0 Å². The minimum Gasteiger partial charge on any atom is -0.468 e. The maximum atomic E-state index is 14.0. The van der Waals surface area contributed by atoms with Crippen molar-refractivity contribution in [2.24, 2.45) is 0 Å². The molecule has 2 N–H and O–H groups in total. The Hall–Kier alpha value is -3.62. The second kappa shape index (κ2) is 6.69.